The first-order chi connectivity index (χ1) is 10.9. The van der Waals surface area contributed by atoms with E-state index in [0.29, 0.717) is 17.5 Å². The zero-order valence-electron chi connectivity index (χ0n) is 12.9. The van der Waals surface area contributed by atoms with E-state index in [1.165, 1.54) is 23.9 Å². The van der Waals surface area contributed by atoms with Crippen molar-refractivity contribution in [2.24, 2.45) is 23.0 Å². The largest absolute Gasteiger partial charge is 0.368 e. The highest BCUT2D eigenvalue weighted by Gasteiger charge is 2.59. The fourth-order valence-corrected chi connectivity index (χ4v) is 6.81. The van der Waals surface area contributed by atoms with Crippen LogP contribution in [0.2, 0.25) is 0 Å². The molecule has 1 aromatic heterocycles. The van der Waals surface area contributed by atoms with Gasteiger partial charge in [0.15, 0.2) is 0 Å². The summed E-state index contributed by atoms with van der Waals surface area (Å²) in [6.07, 6.45) is 9.84. The average molecular weight is 381 g/mol. The molecule has 4 fully saturated rings. The topological polar surface area (TPSA) is 90.0 Å². The number of nitrogens with one attached hydrogen (secondary N) is 1. The van der Waals surface area contributed by atoms with Gasteiger partial charge in [0.25, 0.3) is 0 Å². The van der Waals surface area contributed by atoms with Crippen LogP contribution in [0.1, 0.15) is 38.5 Å². The number of alkyl halides is 1. The van der Waals surface area contributed by atoms with E-state index in [-0.39, 0.29) is 22.2 Å². The highest BCUT2D eigenvalue weighted by molar-refractivity contribution is 9.10. The van der Waals surface area contributed by atoms with E-state index >= 15 is 0 Å². The first-order valence-corrected chi connectivity index (χ1v) is 8.96. The average Bonchev–Trinajstić information content (AvgIpc) is 2.82. The highest BCUT2D eigenvalue weighted by Crippen LogP contribution is 2.64. The molecule has 0 saturated heterocycles. The fourth-order valence-electron chi connectivity index (χ4n) is 5.35. The lowest BCUT2D eigenvalue weighted by atomic mass is 9.49. The molecule has 0 radical (unpaired) electrons. The van der Waals surface area contributed by atoms with Crippen molar-refractivity contribution in [2.75, 3.05) is 5.32 Å². The predicted octanol–water partition coefficient (Wildman–Crippen LogP) is 2.04. The van der Waals surface area contributed by atoms with Crippen molar-refractivity contribution < 1.29 is 9.59 Å². The van der Waals surface area contributed by atoms with Crippen LogP contribution < -0.4 is 11.1 Å². The van der Waals surface area contributed by atoms with Crippen molar-refractivity contribution in [3.8, 4) is 0 Å². The Balaban J connectivity index is 1.51. The number of hydrogen-bond acceptors (Lipinski definition) is 3. The third kappa shape index (κ3) is 2.69. The van der Waals surface area contributed by atoms with Gasteiger partial charge >= 0.3 is 0 Å². The zero-order chi connectivity index (χ0) is 16.2. The zero-order valence-corrected chi connectivity index (χ0v) is 14.5. The summed E-state index contributed by atoms with van der Waals surface area (Å²) in [6.45, 7) is 0.0235. The maximum absolute atomic E-state index is 13.0. The molecule has 5 rings (SSSR count). The second-order valence-corrected chi connectivity index (χ2v) is 9.42. The van der Waals surface area contributed by atoms with E-state index < -0.39 is 5.91 Å². The van der Waals surface area contributed by atoms with Gasteiger partial charge in [0.2, 0.25) is 11.8 Å². The van der Waals surface area contributed by atoms with E-state index in [4.69, 9.17) is 5.73 Å². The lowest BCUT2D eigenvalue weighted by Gasteiger charge is -2.59. The number of aromatic nitrogens is 2. The van der Waals surface area contributed by atoms with E-state index in [1.54, 1.807) is 12.4 Å². The molecule has 0 spiro atoms. The minimum absolute atomic E-state index is 0.0235. The van der Waals surface area contributed by atoms with E-state index in [2.05, 4.69) is 26.3 Å². The van der Waals surface area contributed by atoms with Gasteiger partial charge in [0.1, 0.15) is 6.54 Å². The molecule has 0 aromatic carbocycles. The second-order valence-electron chi connectivity index (χ2n) is 7.74. The molecule has 3 N–H and O–H groups in total. The van der Waals surface area contributed by atoms with Gasteiger partial charge in [-0.15, -0.1) is 0 Å². The Morgan fingerprint density at radius 1 is 1.35 bits per heavy atom. The molecule has 2 atom stereocenters. The Morgan fingerprint density at radius 2 is 2.04 bits per heavy atom. The van der Waals surface area contributed by atoms with Crippen LogP contribution in [0, 0.1) is 17.3 Å². The fraction of sp³-hybridized carbons (Fsp3) is 0.688. The van der Waals surface area contributed by atoms with Crippen LogP contribution in [0.15, 0.2) is 12.4 Å². The Kier molecular flexibility index (Phi) is 3.34. The van der Waals surface area contributed by atoms with Crippen LogP contribution >= 0.6 is 15.9 Å². The van der Waals surface area contributed by atoms with Crippen LogP contribution in [0.5, 0.6) is 0 Å². The molecule has 23 heavy (non-hydrogen) atoms. The molecule has 4 saturated carbocycles. The molecular weight excluding hydrogens is 360 g/mol. The number of nitrogens with two attached hydrogens (primary N) is 1. The molecule has 2 unspecified atom stereocenters. The third-order valence-electron chi connectivity index (χ3n) is 5.68. The Labute approximate surface area is 143 Å². The summed E-state index contributed by atoms with van der Waals surface area (Å²) < 4.78 is 1.61. The number of anilines is 1. The highest BCUT2D eigenvalue weighted by atomic mass is 79.9. The number of carbonyl (C=O) groups excluding carboxylic acids is 2. The number of rotatable bonds is 4. The van der Waals surface area contributed by atoms with E-state index in [1.807, 2.05) is 0 Å². The standard InChI is InChI=1S/C16H21BrN4O2/c17-16-4-10-1-11(5-16)3-15(2-10,9-16)14(23)20-12-6-19-21(7-12)8-13(18)22/h6-7,10-11H,1-5,8-9H2,(H2,18,22)(H,20,23). The summed E-state index contributed by atoms with van der Waals surface area (Å²) in [6, 6.07) is 0. The Bertz CT molecular complexity index is 657. The van der Waals surface area contributed by atoms with Crippen molar-refractivity contribution in [3.05, 3.63) is 12.4 Å². The normalized spacial score (nSPS) is 37.8. The van der Waals surface area contributed by atoms with Crippen molar-refractivity contribution in [1.82, 2.24) is 9.78 Å². The molecule has 7 heteroatoms. The molecule has 4 bridgehead atoms. The first-order valence-electron chi connectivity index (χ1n) is 8.17. The van der Waals surface area contributed by atoms with Crippen LogP contribution in [0.4, 0.5) is 5.69 Å². The SMILES string of the molecule is NC(=O)Cn1cc(NC(=O)C23CC4CC(CC(Br)(C4)C2)C3)cn1. The molecule has 4 aliphatic carbocycles. The summed E-state index contributed by atoms with van der Waals surface area (Å²) in [5, 5.41) is 7.08. The van der Waals surface area contributed by atoms with Crippen molar-refractivity contribution in [2.45, 2.75) is 49.4 Å². The molecule has 1 aromatic rings. The van der Waals surface area contributed by atoms with Gasteiger partial charge in [-0.3, -0.25) is 14.3 Å². The molecule has 124 valence electrons. The number of amides is 2. The quantitative estimate of drug-likeness (QED) is 0.783. The van der Waals surface area contributed by atoms with Gasteiger partial charge in [-0.1, -0.05) is 15.9 Å². The number of primary amides is 1. The molecule has 2 amide bonds. The summed E-state index contributed by atoms with van der Waals surface area (Å²) >= 11 is 3.93. The smallest absolute Gasteiger partial charge is 0.239 e. The second kappa shape index (κ2) is 5.06. The minimum Gasteiger partial charge on any atom is -0.368 e. The van der Waals surface area contributed by atoms with Crippen molar-refractivity contribution >= 4 is 33.4 Å². The van der Waals surface area contributed by atoms with Crippen LogP contribution in [0.3, 0.4) is 0 Å². The number of hydrogen-bond donors (Lipinski definition) is 2. The summed E-state index contributed by atoms with van der Waals surface area (Å²) in [7, 11) is 0. The lowest BCUT2D eigenvalue weighted by Crippen LogP contribution is -2.57. The van der Waals surface area contributed by atoms with Gasteiger partial charge in [0, 0.05) is 10.5 Å². The minimum atomic E-state index is -0.451. The van der Waals surface area contributed by atoms with Gasteiger partial charge in [-0.25, -0.2) is 0 Å². The van der Waals surface area contributed by atoms with Crippen LogP contribution in [-0.2, 0) is 16.1 Å². The molecule has 4 aliphatic rings. The monoisotopic (exact) mass is 380 g/mol. The molecule has 0 aliphatic heterocycles. The molecular formula is C16H21BrN4O2. The summed E-state index contributed by atoms with van der Waals surface area (Å²) in [5.74, 6) is 0.986. The summed E-state index contributed by atoms with van der Waals surface area (Å²) in [5.41, 5.74) is 5.54. The maximum atomic E-state index is 13.0. The first kappa shape index (κ1) is 15.2. The van der Waals surface area contributed by atoms with Gasteiger partial charge in [-0.2, -0.15) is 5.10 Å². The van der Waals surface area contributed by atoms with Crippen molar-refractivity contribution in [3.63, 3.8) is 0 Å². The van der Waals surface area contributed by atoms with Crippen LogP contribution in [-0.4, -0.2) is 25.9 Å². The van der Waals surface area contributed by atoms with Gasteiger partial charge in [-0.05, 0) is 50.4 Å². The van der Waals surface area contributed by atoms with Gasteiger partial charge < -0.3 is 11.1 Å². The number of halogens is 1. The van der Waals surface area contributed by atoms with Crippen molar-refractivity contribution in [1.29, 1.82) is 0 Å². The predicted molar refractivity (Wildman–Crippen MR) is 88.8 cm³/mol. The van der Waals surface area contributed by atoms with Crippen LogP contribution in [0.25, 0.3) is 0 Å². The third-order valence-corrected chi connectivity index (χ3v) is 6.61. The summed E-state index contributed by atoms with van der Waals surface area (Å²) in [4.78, 5) is 23.9. The van der Waals surface area contributed by atoms with E-state index in [0.717, 1.165) is 19.3 Å². The lowest BCUT2D eigenvalue weighted by molar-refractivity contribution is -0.138. The number of nitrogens with zero attached hydrogens (tertiary/aromatic N) is 2. The number of carbonyl (C=O) groups is 2. The molecule has 6 nitrogen and oxygen atoms in total. The maximum Gasteiger partial charge on any atom is 0.239 e. The van der Waals surface area contributed by atoms with E-state index in [9.17, 15) is 9.59 Å². The van der Waals surface area contributed by atoms with Gasteiger partial charge in [0.05, 0.1) is 17.3 Å². The molecule has 1 heterocycles. The Hall–Kier alpha value is -1.37. The Morgan fingerprint density at radius 3 is 2.65 bits per heavy atom.